The van der Waals surface area contributed by atoms with Gasteiger partial charge in [-0.3, -0.25) is 0 Å². The van der Waals surface area contributed by atoms with Crippen LogP contribution in [0.1, 0.15) is 5.56 Å². The molecule has 1 N–H and O–H groups in total. The molecule has 0 spiro atoms. The monoisotopic (exact) mass is 212 g/mol. The summed E-state index contributed by atoms with van der Waals surface area (Å²) in [5.41, 5.74) is 2.48. The van der Waals surface area contributed by atoms with Gasteiger partial charge in [-0.25, -0.2) is 0 Å². The van der Waals surface area contributed by atoms with Crippen molar-refractivity contribution in [2.75, 3.05) is 0 Å². The number of hydrogen-bond donors (Lipinski definition) is 1. The number of aliphatic hydroxyl groups excluding tert-OH is 1. The smallest absolute Gasteiger partial charge is 0.0857 e. The van der Waals surface area contributed by atoms with Crippen LogP contribution in [0.2, 0.25) is 0 Å². The fourth-order valence-electron chi connectivity index (χ4n) is 1.28. The van der Waals surface area contributed by atoms with E-state index in [1.165, 1.54) is 0 Å². The zero-order valence-electron chi connectivity index (χ0n) is 8.74. The van der Waals surface area contributed by atoms with E-state index in [0.717, 1.165) is 16.9 Å². The van der Waals surface area contributed by atoms with Gasteiger partial charge in [-0.1, -0.05) is 30.3 Å². The van der Waals surface area contributed by atoms with Crippen LogP contribution in [0.15, 0.2) is 64.8 Å². The topological polar surface area (TPSA) is 45.0 Å². The molecular weight excluding hydrogens is 200 g/mol. The Labute approximate surface area is 94.1 Å². The van der Waals surface area contributed by atoms with Crippen LogP contribution in [0.5, 0.6) is 0 Å². The van der Waals surface area contributed by atoms with Crippen LogP contribution in [0.4, 0.5) is 11.4 Å². The second kappa shape index (κ2) is 5.19. The first-order chi connectivity index (χ1) is 7.88. The van der Waals surface area contributed by atoms with E-state index in [2.05, 4.69) is 10.2 Å². The molecule has 80 valence electrons. The van der Waals surface area contributed by atoms with Gasteiger partial charge in [0.05, 0.1) is 18.0 Å². The summed E-state index contributed by atoms with van der Waals surface area (Å²) in [7, 11) is 0. The Morgan fingerprint density at radius 2 is 1.31 bits per heavy atom. The van der Waals surface area contributed by atoms with Crippen molar-refractivity contribution < 1.29 is 5.11 Å². The number of aliphatic hydroxyl groups is 1. The first-order valence-corrected chi connectivity index (χ1v) is 5.05. The lowest BCUT2D eigenvalue weighted by atomic mass is 10.2. The van der Waals surface area contributed by atoms with E-state index in [-0.39, 0.29) is 6.61 Å². The van der Waals surface area contributed by atoms with Crippen LogP contribution in [0.3, 0.4) is 0 Å². The third-order valence-electron chi connectivity index (χ3n) is 2.16. The molecule has 16 heavy (non-hydrogen) atoms. The van der Waals surface area contributed by atoms with Crippen LogP contribution < -0.4 is 0 Å². The summed E-state index contributed by atoms with van der Waals surface area (Å²) in [5.74, 6) is 0. The Bertz CT molecular complexity index is 463. The van der Waals surface area contributed by atoms with Gasteiger partial charge in [0.25, 0.3) is 0 Å². The van der Waals surface area contributed by atoms with Crippen molar-refractivity contribution in [2.24, 2.45) is 10.2 Å². The molecule has 0 heterocycles. The summed E-state index contributed by atoms with van der Waals surface area (Å²) in [6.45, 7) is 0.0517. The average molecular weight is 212 g/mol. The minimum absolute atomic E-state index is 0.0517. The molecule has 0 aromatic heterocycles. The molecule has 0 aliphatic rings. The molecule has 2 aromatic carbocycles. The van der Waals surface area contributed by atoms with E-state index in [0.29, 0.717) is 0 Å². The molecule has 0 atom stereocenters. The first kappa shape index (κ1) is 10.5. The van der Waals surface area contributed by atoms with E-state index in [1.54, 1.807) is 0 Å². The number of rotatable bonds is 3. The molecule has 0 unspecified atom stereocenters. The number of hydrogen-bond acceptors (Lipinski definition) is 3. The van der Waals surface area contributed by atoms with E-state index in [9.17, 15) is 0 Å². The minimum Gasteiger partial charge on any atom is -0.392 e. The lowest BCUT2D eigenvalue weighted by Crippen LogP contribution is -1.79. The normalized spacial score (nSPS) is 10.8. The number of benzene rings is 2. The van der Waals surface area contributed by atoms with Crippen molar-refractivity contribution >= 4 is 11.4 Å². The lowest BCUT2D eigenvalue weighted by Gasteiger charge is -1.95. The van der Waals surface area contributed by atoms with E-state index >= 15 is 0 Å². The third kappa shape index (κ3) is 2.74. The number of nitrogens with zero attached hydrogens (tertiary/aromatic N) is 2. The third-order valence-corrected chi connectivity index (χ3v) is 2.16. The zero-order chi connectivity index (χ0) is 11.2. The van der Waals surface area contributed by atoms with Gasteiger partial charge < -0.3 is 5.11 Å². The van der Waals surface area contributed by atoms with E-state index in [1.807, 2.05) is 54.6 Å². The Balaban J connectivity index is 2.12. The van der Waals surface area contributed by atoms with Crippen LogP contribution in [0, 0.1) is 0 Å². The Morgan fingerprint density at radius 3 is 1.88 bits per heavy atom. The molecule has 0 aliphatic heterocycles. The van der Waals surface area contributed by atoms with Gasteiger partial charge in [0.15, 0.2) is 0 Å². The lowest BCUT2D eigenvalue weighted by molar-refractivity contribution is 0.282. The quantitative estimate of drug-likeness (QED) is 0.776. The van der Waals surface area contributed by atoms with Crippen molar-refractivity contribution in [2.45, 2.75) is 6.61 Å². The van der Waals surface area contributed by atoms with Crippen molar-refractivity contribution in [1.29, 1.82) is 0 Å². The second-order valence-corrected chi connectivity index (χ2v) is 3.36. The fourth-order valence-corrected chi connectivity index (χ4v) is 1.28. The van der Waals surface area contributed by atoms with Crippen LogP contribution in [-0.4, -0.2) is 5.11 Å². The molecule has 0 radical (unpaired) electrons. The van der Waals surface area contributed by atoms with E-state index < -0.39 is 0 Å². The molecule has 0 saturated heterocycles. The molecule has 2 rings (SSSR count). The zero-order valence-corrected chi connectivity index (χ0v) is 8.74. The molecule has 0 aliphatic carbocycles. The van der Waals surface area contributed by atoms with Gasteiger partial charge in [-0.15, -0.1) is 0 Å². The van der Waals surface area contributed by atoms with Crippen LogP contribution in [-0.2, 0) is 6.61 Å². The molecule has 0 saturated carbocycles. The first-order valence-electron chi connectivity index (χ1n) is 5.05. The van der Waals surface area contributed by atoms with Crippen LogP contribution in [0.25, 0.3) is 0 Å². The molecule has 3 nitrogen and oxygen atoms in total. The fraction of sp³-hybridized carbons (Fsp3) is 0.0769. The van der Waals surface area contributed by atoms with Crippen molar-refractivity contribution in [3.05, 3.63) is 60.2 Å². The highest BCUT2D eigenvalue weighted by Gasteiger charge is 1.91. The van der Waals surface area contributed by atoms with Gasteiger partial charge in [0.1, 0.15) is 0 Å². The summed E-state index contributed by atoms with van der Waals surface area (Å²) >= 11 is 0. The number of azo groups is 1. The molecule has 0 fully saturated rings. The molecule has 0 amide bonds. The Morgan fingerprint density at radius 1 is 0.750 bits per heavy atom. The van der Waals surface area contributed by atoms with Gasteiger partial charge in [0, 0.05) is 0 Å². The highest BCUT2D eigenvalue weighted by molar-refractivity contribution is 5.40. The highest BCUT2D eigenvalue weighted by Crippen LogP contribution is 2.18. The summed E-state index contributed by atoms with van der Waals surface area (Å²) in [5, 5.41) is 17.1. The molecule has 2 aromatic rings. The van der Waals surface area contributed by atoms with Crippen molar-refractivity contribution in [1.82, 2.24) is 0 Å². The van der Waals surface area contributed by atoms with Gasteiger partial charge >= 0.3 is 0 Å². The molecule has 3 heteroatoms. The standard InChI is InChI=1S/C13H12N2O/c16-10-11-6-8-13(9-7-11)15-14-12-4-2-1-3-5-12/h1-9,16H,10H2/b15-14+. The molecular formula is C13H12N2O. The summed E-state index contributed by atoms with van der Waals surface area (Å²) in [6.07, 6.45) is 0. The maximum atomic E-state index is 8.88. The highest BCUT2D eigenvalue weighted by atomic mass is 16.3. The predicted octanol–water partition coefficient (Wildman–Crippen LogP) is 3.59. The van der Waals surface area contributed by atoms with Gasteiger partial charge in [-0.05, 0) is 29.8 Å². The summed E-state index contributed by atoms with van der Waals surface area (Å²) in [4.78, 5) is 0. The molecule has 0 bridgehead atoms. The average Bonchev–Trinajstić information content (AvgIpc) is 2.38. The maximum absolute atomic E-state index is 8.88. The van der Waals surface area contributed by atoms with Gasteiger partial charge in [0.2, 0.25) is 0 Å². The summed E-state index contributed by atoms with van der Waals surface area (Å²) in [6, 6.07) is 16.9. The maximum Gasteiger partial charge on any atom is 0.0857 e. The van der Waals surface area contributed by atoms with Crippen molar-refractivity contribution in [3.63, 3.8) is 0 Å². The Kier molecular flexibility index (Phi) is 3.41. The second-order valence-electron chi connectivity index (χ2n) is 3.36. The summed E-state index contributed by atoms with van der Waals surface area (Å²) < 4.78 is 0. The largest absolute Gasteiger partial charge is 0.392 e. The van der Waals surface area contributed by atoms with E-state index in [4.69, 9.17) is 5.11 Å². The minimum atomic E-state index is 0.0517. The van der Waals surface area contributed by atoms with Crippen molar-refractivity contribution in [3.8, 4) is 0 Å². The van der Waals surface area contributed by atoms with Crippen LogP contribution >= 0.6 is 0 Å². The van der Waals surface area contributed by atoms with Gasteiger partial charge in [-0.2, -0.15) is 10.2 Å². The predicted molar refractivity (Wildman–Crippen MR) is 63.0 cm³/mol. The SMILES string of the molecule is OCc1ccc(/N=N/c2ccccc2)cc1. The Hall–Kier alpha value is -2.00.